The van der Waals surface area contributed by atoms with E-state index in [0.717, 1.165) is 23.6 Å². The summed E-state index contributed by atoms with van der Waals surface area (Å²) in [5.41, 5.74) is 2.09. The zero-order valence-corrected chi connectivity index (χ0v) is 19.9. The van der Waals surface area contributed by atoms with E-state index in [0.29, 0.717) is 36.1 Å². The standard InChI is InChI=1S/C21H29N3O4.HI/c1-6-22-21(23-13-15-7-9-17(25-2)19(11-15)27-4)24-14-16-8-10-18(26-3)20(12-16)28-5;/h7-12H,6,13-14H2,1-5H3,(H2,22,23,24);1H. The van der Waals surface area contributed by atoms with Crippen molar-refractivity contribution in [3.05, 3.63) is 47.5 Å². The van der Waals surface area contributed by atoms with Gasteiger partial charge in [-0.05, 0) is 42.3 Å². The number of nitrogens with one attached hydrogen (secondary N) is 2. The van der Waals surface area contributed by atoms with Crippen molar-refractivity contribution in [2.45, 2.75) is 20.0 Å². The molecule has 8 heteroatoms. The summed E-state index contributed by atoms with van der Waals surface area (Å²) in [6.07, 6.45) is 0. The van der Waals surface area contributed by atoms with E-state index in [1.165, 1.54) is 0 Å². The van der Waals surface area contributed by atoms with Gasteiger partial charge >= 0.3 is 0 Å². The van der Waals surface area contributed by atoms with Gasteiger partial charge in [-0.25, -0.2) is 4.99 Å². The van der Waals surface area contributed by atoms with Crippen LogP contribution in [0.3, 0.4) is 0 Å². The number of hydrogen-bond acceptors (Lipinski definition) is 5. The van der Waals surface area contributed by atoms with Crippen LogP contribution in [0.25, 0.3) is 0 Å². The first-order valence-electron chi connectivity index (χ1n) is 9.09. The summed E-state index contributed by atoms with van der Waals surface area (Å²) in [4.78, 5) is 4.65. The van der Waals surface area contributed by atoms with Crippen molar-refractivity contribution in [1.29, 1.82) is 0 Å². The highest BCUT2D eigenvalue weighted by Crippen LogP contribution is 2.28. The van der Waals surface area contributed by atoms with E-state index < -0.39 is 0 Å². The first-order valence-corrected chi connectivity index (χ1v) is 9.09. The lowest BCUT2D eigenvalue weighted by Gasteiger charge is -2.13. The van der Waals surface area contributed by atoms with Crippen molar-refractivity contribution >= 4 is 29.9 Å². The summed E-state index contributed by atoms with van der Waals surface area (Å²) in [6.45, 7) is 3.92. The van der Waals surface area contributed by atoms with Crippen molar-refractivity contribution in [2.75, 3.05) is 35.0 Å². The second-order valence-electron chi connectivity index (χ2n) is 5.93. The Morgan fingerprint density at radius 3 is 1.79 bits per heavy atom. The third kappa shape index (κ3) is 7.19. The van der Waals surface area contributed by atoms with Gasteiger partial charge < -0.3 is 29.6 Å². The summed E-state index contributed by atoms with van der Waals surface area (Å²) >= 11 is 0. The molecule has 0 amide bonds. The first-order chi connectivity index (χ1) is 13.6. The fraction of sp³-hybridized carbons (Fsp3) is 0.381. The molecule has 2 N–H and O–H groups in total. The number of benzene rings is 2. The number of nitrogens with zero attached hydrogens (tertiary/aromatic N) is 1. The van der Waals surface area contributed by atoms with Crippen molar-refractivity contribution in [1.82, 2.24) is 10.6 Å². The lowest BCUT2D eigenvalue weighted by molar-refractivity contribution is 0.354. The van der Waals surface area contributed by atoms with Gasteiger partial charge in [0.15, 0.2) is 29.0 Å². The third-order valence-electron chi connectivity index (χ3n) is 4.12. The maximum Gasteiger partial charge on any atom is 0.191 e. The fourth-order valence-corrected chi connectivity index (χ4v) is 2.67. The Morgan fingerprint density at radius 1 is 0.759 bits per heavy atom. The fourth-order valence-electron chi connectivity index (χ4n) is 2.67. The summed E-state index contributed by atoms with van der Waals surface area (Å²) in [5.74, 6) is 3.54. The second kappa shape index (κ2) is 13.0. The lowest BCUT2D eigenvalue weighted by Crippen LogP contribution is -2.36. The van der Waals surface area contributed by atoms with Crippen LogP contribution in [0.4, 0.5) is 0 Å². The monoisotopic (exact) mass is 515 g/mol. The number of halogens is 1. The summed E-state index contributed by atoms with van der Waals surface area (Å²) < 4.78 is 21.3. The van der Waals surface area contributed by atoms with Crippen molar-refractivity contribution in [2.24, 2.45) is 4.99 Å². The van der Waals surface area contributed by atoms with E-state index in [2.05, 4.69) is 15.6 Å². The van der Waals surface area contributed by atoms with Crippen LogP contribution in [0.2, 0.25) is 0 Å². The molecule has 2 aromatic rings. The molecule has 160 valence electrons. The van der Waals surface area contributed by atoms with Gasteiger partial charge in [0.25, 0.3) is 0 Å². The maximum absolute atomic E-state index is 5.36. The molecule has 0 aliphatic rings. The smallest absolute Gasteiger partial charge is 0.191 e. The third-order valence-corrected chi connectivity index (χ3v) is 4.12. The number of aliphatic imine (C=N–C) groups is 1. The number of methoxy groups -OCH3 is 4. The first kappa shape index (κ1) is 24.7. The van der Waals surface area contributed by atoms with Crippen LogP contribution in [0.5, 0.6) is 23.0 Å². The average Bonchev–Trinajstić information content (AvgIpc) is 2.75. The largest absolute Gasteiger partial charge is 0.493 e. The Balaban J connectivity index is 0.00000420. The molecule has 0 heterocycles. The predicted octanol–water partition coefficient (Wildman–Crippen LogP) is 3.59. The number of hydrogen-bond donors (Lipinski definition) is 2. The highest BCUT2D eigenvalue weighted by Gasteiger charge is 2.07. The minimum atomic E-state index is 0. The number of rotatable bonds is 9. The molecule has 2 aromatic carbocycles. The van der Waals surface area contributed by atoms with Crippen molar-refractivity contribution in [3.8, 4) is 23.0 Å². The van der Waals surface area contributed by atoms with Crippen LogP contribution in [0.15, 0.2) is 41.4 Å². The van der Waals surface area contributed by atoms with Crippen LogP contribution in [-0.4, -0.2) is 40.9 Å². The van der Waals surface area contributed by atoms with E-state index in [4.69, 9.17) is 18.9 Å². The maximum atomic E-state index is 5.36. The van der Waals surface area contributed by atoms with Crippen LogP contribution < -0.4 is 29.6 Å². The molecule has 29 heavy (non-hydrogen) atoms. The van der Waals surface area contributed by atoms with Crippen LogP contribution in [-0.2, 0) is 13.1 Å². The van der Waals surface area contributed by atoms with E-state index in [9.17, 15) is 0 Å². The second-order valence-corrected chi connectivity index (χ2v) is 5.93. The van der Waals surface area contributed by atoms with Gasteiger partial charge in [-0.1, -0.05) is 12.1 Å². The Morgan fingerprint density at radius 2 is 1.28 bits per heavy atom. The zero-order valence-electron chi connectivity index (χ0n) is 17.6. The van der Waals surface area contributed by atoms with Crippen LogP contribution in [0.1, 0.15) is 18.1 Å². The lowest BCUT2D eigenvalue weighted by atomic mass is 10.2. The molecule has 0 aliphatic carbocycles. The topological polar surface area (TPSA) is 73.3 Å². The van der Waals surface area contributed by atoms with E-state index in [1.54, 1.807) is 28.4 Å². The molecular formula is C21H30IN3O4. The Labute approximate surface area is 189 Å². The van der Waals surface area contributed by atoms with Gasteiger partial charge in [-0.3, -0.25) is 0 Å². The molecule has 0 unspecified atom stereocenters. The van der Waals surface area contributed by atoms with E-state index in [1.807, 2.05) is 43.3 Å². The van der Waals surface area contributed by atoms with Gasteiger partial charge in [-0.2, -0.15) is 0 Å². The van der Waals surface area contributed by atoms with Gasteiger partial charge in [-0.15, -0.1) is 24.0 Å². The molecule has 2 rings (SSSR count). The number of guanidine groups is 1. The van der Waals surface area contributed by atoms with Crippen LogP contribution >= 0.6 is 24.0 Å². The molecule has 0 spiro atoms. The molecule has 7 nitrogen and oxygen atoms in total. The quantitative estimate of drug-likeness (QED) is 0.302. The van der Waals surface area contributed by atoms with Gasteiger partial charge in [0, 0.05) is 13.1 Å². The van der Waals surface area contributed by atoms with Crippen LogP contribution in [0, 0.1) is 0 Å². The summed E-state index contributed by atoms with van der Waals surface area (Å²) in [5, 5.41) is 6.59. The molecule has 0 fully saturated rings. The highest BCUT2D eigenvalue weighted by molar-refractivity contribution is 14.0. The zero-order chi connectivity index (χ0) is 20.4. The molecule has 0 saturated heterocycles. The minimum absolute atomic E-state index is 0. The Hall–Kier alpha value is -2.36. The summed E-state index contributed by atoms with van der Waals surface area (Å²) in [6, 6.07) is 11.6. The molecular weight excluding hydrogens is 485 g/mol. The SMILES string of the molecule is CCNC(=NCc1ccc(OC)c(OC)c1)NCc1ccc(OC)c(OC)c1.I. The Kier molecular flexibility index (Phi) is 11.0. The summed E-state index contributed by atoms with van der Waals surface area (Å²) in [7, 11) is 6.50. The van der Waals surface area contributed by atoms with Gasteiger partial charge in [0.1, 0.15) is 0 Å². The Bertz CT molecular complexity index is 799. The molecule has 0 bridgehead atoms. The van der Waals surface area contributed by atoms with E-state index in [-0.39, 0.29) is 24.0 Å². The van der Waals surface area contributed by atoms with Crippen molar-refractivity contribution in [3.63, 3.8) is 0 Å². The molecule has 0 saturated carbocycles. The predicted molar refractivity (Wildman–Crippen MR) is 126 cm³/mol. The molecule has 0 atom stereocenters. The minimum Gasteiger partial charge on any atom is -0.493 e. The number of ether oxygens (including phenoxy) is 4. The normalized spacial score (nSPS) is 10.6. The molecule has 0 aliphatic heterocycles. The molecule has 0 radical (unpaired) electrons. The van der Waals surface area contributed by atoms with E-state index >= 15 is 0 Å². The van der Waals surface area contributed by atoms with Crippen molar-refractivity contribution < 1.29 is 18.9 Å². The average molecular weight is 515 g/mol. The van der Waals surface area contributed by atoms with Gasteiger partial charge in [0.05, 0.1) is 35.0 Å². The van der Waals surface area contributed by atoms with Gasteiger partial charge in [0.2, 0.25) is 0 Å². The molecule has 0 aromatic heterocycles. The highest BCUT2D eigenvalue weighted by atomic mass is 127.